The van der Waals surface area contributed by atoms with Gasteiger partial charge in [0.1, 0.15) is 5.25 Å². The van der Waals surface area contributed by atoms with Crippen LogP contribution in [0.5, 0.6) is 0 Å². The fourth-order valence-corrected chi connectivity index (χ4v) is 4.39. The van der Waals surface area contributed by atoms with Crippen LogP contribution in [0.15, 0.2) is 29.4 Å². The van der Waals surface area contributed by atoms with Crippen LogP contribution in [-0.2, 0) is 20.8 Å². The van der Waals surface area contributed by atoms with Crippen LogP contribution >= 0.6 is 11.8 Å². The third-order valence-electron chi connectivity index (χ3n) is 4.65. The zero-order chi connectivity index (χ0) is 20.1. The van der Waals surface area contributed by atoms with E-state index in [0.29, 0.717) is 19.1 Å². The van der Waals surface area contributed by atoms with Gasteiger partial charge in [0.05, 0.1) is 20.3 Å². The zero-order valence-electron chi connectivity index (χ0n) is 16.9. The number of anilines is 1. The van der Waals surface area contributed by atoms with Gasteiger partial charge in [-0.3, -0.25) is 9.36 Å². The van der Waals surface area contributed by atoms with Crippen molar-refractivity contribution in [3.8, 4) is 0 Å². The number of esters is 1. The Labute approximate surface area is 170 Å². The molecule has 1 aliphatic rings. The minimum atomic E-state index is -0.487. The Bertz CT molecular complexity index is 802. The maximum Gasteiger partial charge on any atom is 0.323 e. The number of hydrogen-bond donors (Lipinski definition) is 0. The summed E-state index contributed by atoms with van der Waals surface area (Å²) in [4.78, 5) is 14.8. The van der Waals surface area contributed by atoms with E-state index in [4.69, 9.17) is 9.47 Å². The molecule has 0 aliphatic carbocycles. The molecule has 1 fully saturated rings. The molecular weight excluding hydrogens is 376 g/mol. The van der Waals surface area contributed by atoms with Gasteiger partial charge < -0.3 is 14.4 Å². The van der Waals surface area contributed by atoms with E-state index in [0.717, 1.165) is 41.9 Å². The second kappa shape index (κ2) is 9.43. The highest BCUT2D eigenvalue weighted by Gasteiger charge is 2.29. The highest BCUT2D eigenvalue weighted by Crippen LogP contribution is 2.38. The summed E-state index contributed by atoms with van der Waals surface area (Å²) in [5.74, 6) is 0.976. The highest BCUT2D eigenvalue weighted by molar-refractivity contribution is 8.00. The van der Waals surface area contributed by atoms with Crippen LogP contribution in [0.1, 0.15) is 30.2 Å². The first-order chi connectivity index (χ1) is 13.5. The minimum Gasteiger partial charge on any atom is -0.468 e. The van der Waals surface area contributed by atoms with Crippen molar-refractivity contribution < 1.29 is 14.3 Å². The van der Waals surface area contributed by atoms with Crippen molar-refractivity contribution in [2.75, 3.05) is 38.3 Å². The summed E-state index contributed by atoms with van der Waals surface area (Å²) in [6.07, 6.45) is 0. The van der Waals surface area contributed by atoms with Gasteiger partial charge in [-0.05, 0) is 24.0 Å². The molecule has 3 rings (SSSR count). The molecule has 2 heterocycles. The lowest BCUT2D eigenvalue weighted by atomic mass is 10.1. The average molecular weight is 405 g/mol. The van der Waals surface area contributed by atoms with E-state index >= 15 is 0 Å². The molecule has 8 heteroatoms. The molecule has 1 saturated heterocycles. The first-order valence-electron chi connectivity index (χ1n) is 9.57. The van der Waals surface area contributed by atoms with E-state index < -0.39 is 5.25 Å². The number of thioether (sulfide) groups is 1. The quantitative estimate of drug-likeness (QED) is 0.519. The van der Waals surface area contributed by atoms with Gasteiger partial charge in [0.15, 0.2) is 5.16 Å². The molecule has 152 valence electrons. The predicted molar refractivity (Wildman–Crippen MR) is 110 cm³/mol. The largest absolute Gasteiger partial charge is 0.468 e. The topological polar surface area (TPSA) is 69.5 Å². The molecule has 0 amide bonds. The molecule has 0 N–H and O–H groups in total. The van der Waals surface area contributed by atoms with Gasteiger partial charge in [-0.25, -0.2) is 0 Å². The van der Waals surface area contributed by atoms with Gasteiger partial charge in [0.2, 0.25) is 5.95 Å². The van der Waals surface area contributed by atoms with Gasteiger partial charge in [0.25, 0.3) is 0 Å². The van der Waals surface area contributed by atoms with Gasteiger partial charge in [-0.15, -0.1) is 10.2 Å². The van der Waals surface area contributed by atoms with Crippen LogP contribution in [-0.4, -0.2) is 54.1 Å². The maximum absolute atomic E-state index is 12.6. The van der Waals surface area contributed by atoms with Crippen LogP contribution in [0.4, 0.5) is 5.95 Å². The summed E-state index contributed by atoms with van der Waals surface area (Å²) in [7, 11) is 1.42. The fraction of sp³-hybridized carbons (Fsp3) is 0.550. The summed E-state index contributed by atoms with van der Waals surface area (Å²) in [6.45, 7) is 10.1. The Morgan fingerprint density at radius 1 is 1.25 bits per heavy atom. The van der Waals surface area contributed by atoms with Crippen LogP contribution in [0.25, 0.3) is 0 Å². The van der Waals surface area contributed by atoms with Crippen molar-refractivity contribution >= 4 is 23.7 Å². The summed E-state index contributed by atoms with van der Waals surface area (Å²) in [6, 6.07) is 7.88. The number of methoxy groups -OCH3 is 1. The standard InChI is InChI=1S/C20H28N4O3S/c1-14(2)13-24-19(23-9-11-27-12-10-23)21-22-20(24)28-17(18(25)26-4)16-8-6-5-7-15(16)3/h5-8,14,17H,9-13H2,1-4H3/t17-/m1/s1. The number of aromatic nitrogens is 3. The molecule has 0 unspecified atom stereocenters. The molecule has 0 radical (unpaired) electrons. The van der Waals surface area contributed by atoms with E-state index in [9.17, 15) is 4.79 Å². The highest BCUT2D eigenvalue weighted by atomic mass is 32.2. The second-order valence-electron chi connectivity index (χ2n) is 7.26. The average Bonchev–Trinajstić information content (AvgIpc) is 3.08. The lowest BCUT2D eigenvalue weighted by Crippen LogP contribution is -2.38. The van der Waals surface area contributed by atoms with E-state index in [1.54, 1.807) is 0 Å². The maximum atomic E-state index is 12.6. The number of carbonyl (C=O) groups excluding carboxylic acids is 1. The van der Waals surface area contributed by atoms with Crippen molar-refractivity contribution in [2.24, 2.45) is 5.92 Å². The Morgan fingerprint density at radius 2 is 1.96 bits per heavy atom. The lowest BCUT2D eigenvalue weighted by molar-refractivity contribution is -0.140. The van der Waals surface area contributed by atoms with Crippen molar-refractivity contribution in [3.63, 3.8) is 0 Å². The van der Waals surface area contributed by atoms with Gasteiger partial charge in [0, 0.05) is 19.6 Å². The Morgan fingerprint density at radius 3 is 2.61 bits per heavy atom. The summed E-state index contributed by atoms with van der Waals surface area (Å²) in [5, 5.41) is 9.14. The number of ether oxygens (including phenoxy) is 2. The SMILES string of the molecule is COC(=O)[C@H](Sc1nnc(N2CCOCC2)n1CC(C)C)c1ccccc1C. The normalized spacial score (nSPS) is 15.7. The smallest absolute Gasteiger partial charge is 0.323 e. The van der Waals surface area contributed by atoms with Crippen LogP contribution in [0, 0.1) is 12.8 Å². The zero-order valence-corrected chi connectivity index (χ0v) is 17.7. The number of rotatable bonds is 7. The van der Waals surface area contributed by atoms with E-state index in [1.165, 1.54) is 18.9 Å². The van der Waals surface area contributed by atoms with Gasteiger partial charge in [-0.2, -0.15) is 0 Å². The second-order valence-corrected chi connectivity index (χ2v) is 8.34. The number of carbonyl (C=O) groups is 1. The summed E-state index contributed by atoms with van der Waals surface area (Å²) >= 11 is 1.40. The number of aryl methyl sites for hydroxylation is 1. The molecule has 28 heavy (non-hydrogen) atoms. The van der Waals surface area contributed by atoms with E-state index in [-0.39, 0.29) is 5.97 Å². The molecular formula is C20H28N4O3S. The lowest BCUT2D eigenvalue weighted by Gasteiger charge is -2.28. The van der Waals surface area contributed by atoms with Gasteiger partial charge in [-0.1, -0.05) is 49.9 Å². The fourth-order valence-electron chi connectivity index (χ4n) is 3.22. The van der Waals surface area contributed by atoms with Crippen molar-refractivity contribution in [2.45, 2.75) is 37.7 Å². The van der Waals surface area contributed by atoms with Crippen LogP contribution in [0.3, 0.4) is 0 Å². The molecule has 0 spiro atoms. The summed E-state index contributed by atoms with van der Waals surface area (Å²) < 4.78 is 12.7. The Balaban J connectivity index is 1.95. The third kappa shape index (κ3) is 4.67. The van der Waals surface area contributed by atoms with Crippen molar-refractivity contribution in [3.05, 3.63) is 35.4 Å². The first kappa shape index (κ1) is 20.7. The minimum absolute atomic E-state index is 0.286. The number of benzene rings is 1. The predicted octanol–water partition coefficient (Wildman–Crippen LogP) is 3.09. The molecule has 1 aromatic carbocycles. The Kier molecular flexibility index (Phi) is 6.96. The first-order valence-corrected chi connectivity index (χ1v) is 10.4. The van der Waals surface area contributed by atoms with Crippen molar-refractivity contribution in [1.29, 1.82) is 0 Å². The van der Waals surface area contributed by atoms with Crippen LogP contribution in [0.2, 0.25) is 0 Å². The number of hydrogen-bond acceptors (Lipinski definition) is 7. The molecule has 1 atom stereocenters. The molecule has 7 nitrogen and oxygen atoms in total. The third-order valence-corrected chi connectivity index (χ3v) is 5.84. The molecule has 1 aromatic heterocycles. The summed E-state index contributed by atoms with van der Waals surface area (Å²) in [5.41, 5.74) is 1.99. The van der Waals surface area contributed by atoms with Crippen LogP contribution < -0.4 is 4.90 Å². The van der Waals surface area contributed by atoms with Gasteiger partial charge >= 0.3 is 5.97 Å². The number of morpholine rings is 1. The Hall–Kier alpha value is -2.06. The molecule has 0 saturated carbocycles. The molecule has 1 aliphatic heterocycles. The van der Waals surface area contributed by atoms with Crippen molar-refractivity contribution in [1.82, 2.24) is 14.8 Å². The molecule has 2 aromatic rings. The monoisotopic (exact) mass is 404 g/mol. The van der Waals surface area contributed by atoms with E-state index in [2.05, 4.69) is 33.5 Å². The molecule has 0 bridgehead atoms. The number of nitrogens with zero attached hydrogens (tertiary/aromatic N) is 4. The van der Waals surface area contributed by atoms with E-state index in [1.807, 2.05) is 31.2 Å².